The lowest BCUT2D eigenvalue weighted by atomic mass is 10.1. The molecule has 2 N–H and O–H groups in total. The van der Waals surface area contributed by atoms with E-state index in [0.29, 0.717) is 36.8 Å². The Morgan fingerprint density at radius 1 is 1.30 bits per heavy atom. The lowest BCUT2D eigenvalue weighted by Gasteiger charge is -2.13. The summed E-state index contributed by atoms with van der Waals surface area (Å²) in [6, 6.07) is 9.72. The van der Waals surface area contributed by atoms with Gasteiger partial charge in [0.25, 0.3) is 0 Å². The molecule has 1 amide bonds. The Balaban J connectivity index is 1.76. The van der Waals surface area contributed by atoms with E-state index in [-0.39, 0.29) is 12.5 Å². The van der Waals surface area contributed by atoms with Crippen LogP contribution in [0.5, 0.6) is 0 Å². The molecule has 0 fully saturated rings. The van der Waals surface area contributed by atoms with Crippen LogP contribution in [-0.2, 0) is 11.2 Å². The van der Waals surface area contributed by atoms with Crippen molar-refractivity contribution in [3.8, 4) is 11.3 Å². The van der Waals surface area contributed by atoms with Gasteiger partial charge in [0.2, 0.25) is 5.91 Å². The number of hydrogen-bond acceptors (Lipinski definition) is 4. The Morgan fingerprint density at radius 3 is 2.74 bits per heavy atom. The number of hydrogen-bond donors (Lipinski definition) is 2. The van der Waals surface area contributed by atoms with Gasteiger partial charge in [-0.3, -0.25) is 4.79 Å². The predicted octanol–water partition coefficient (Wildman–Crippen LogP) is 2.80. The molecule has 0 aliphatic rings. The van der Waals surface area contributed by atoms with Gasteiger partial charge < -0.3 is 14.8 Å². The van der Waals surface area contributed by atoms with Gasteiger partial charge in [-0.15, -0.1) is 0 Å². The Kier molecular flexibility index (Phi) is 6.35. The van der Waals surface area contributed by atoms with Crippen molar-refractivity contribution >= 4 is 5.91 Å². The highest BCUT2D eigenvalue weighted by Crippen LogP contribution is 2.20. The molecule has 0 saturated carbocycles. The van der Waals surface area contributed by atoms with Crippen LogP contribution in [0.2, 0.25) is 0 Å². The zero-order valence-corrected chi connectivity index (χ0v) is 13.7. The number of aliphatic hydroxyl groups excluding tert-OH is 1. The van der Waals surface area contributed by atoms with Crippen molar-refractivity contribution in [2.24, 2.45) is 5.92 Å². The number of rotatable bonds is 8. The summed E-state index contributed by atoms with van der Waals surface area (Å²) in [5.41, 5.74) is 0.965. The molecule has 1 atom stereocenters. The van der Waals surface area contributed by atoms with Gasteiger partial charge in [-0.2, -0.15) is 0 Å². The molecule has 0 aliphatic carbocycles. The lowest BCUT2D eigenvalue weighted by Crippen LogP contribution is -2.32. The van der Waals surface area contributed by atoms with E-state index in [4.69, 9.17) is 4.42 Å². The molecular weight excluding hydrogens is 292 g/mol. The third-order valence-corrected chi connectivity index (χ3v) is 3.46. The van der Waals surface area contributed by atoms with Crippen molar-refractivity contribution in [1.82, 2.24) is 10.3 Å². The van der Waals surface area contributed by atoms with Gasteiger partial charge in [0.05, 0.1) is 12.3 Å². The number of nitrogens with zero attached hydrogens (tertiary/aromatic N) is 1. The zero-order valence-electron chi connectivity index (χ0n) is 13.7. The van der Waals surface area contributed by atoms with E-state index in [9.17, 15) is 9.90 Å². The van der Waals surface area contributed by atoms with E-state index in [1.54, 1.807) is 6.20 Å². The fourth-order valence-electron chi connectivity index (χ4n) is 2.33. The predicted molar refractivity (Wildman–Crippen MR) is 88.7 cm³/mol. The Morgan fingerprint density at radius 2 is 2.04 bits per heavy atom. The molecular formula is C18H24N2O3. The maximum atomic E-state index is 11.8. The number of aliphatic hydroxyl groups is 1. The number of aromatic nitrogens is 1. The summed E-state index contributed by atoms with van der Waals surface area (Å²) < 4.78 is 5.66. The van der Waals surface area contributed by atoms with Gasteiger partial charge in [0.1, 0.15) is 0 Å². The minimum absolute atomic E-state index is 0.104. The maximum absolute atomic E-state index is 11.8. The SMILES string of the molecule is CC(C)CC(O)CNC(=O)CCc1ncc(-c2ccccc2)o1. The summed E-state index contributed by atoms with van der Waals surface area (Å²) in [5, 5.41) is 12.5. The van der Waals surface area contributed by atoms with Crippen molar-refractivity contribution in [2.75, 3.05) is 6.54 Å². The average molecular weight is 316 g/mol. The smallest absolute Gasteiger partial charge is 0.220 e. The summed E-state index contributed by atoms with van der Waals surface area (Å²) in [4.78, 5) is 16.0. The highest BCUT2D eigenvalue weighted by Gasteiger charge is 2.11. The minimum atomic E-state index is -0.495. The van der Waals surface area contributed by atoms with Gasteiger partial charge in [0, 0.05) is 24.9 Å². The quantitative estimate of drug-likeness (QED) is 0.785. The molecule has 1 aromatic carbocycles. The van der Waals surface area contributed by atoms with Crippen LogP contribution in [0.25, 0.3) is 11.3 Å². The highest BCUT2D eigenvalue weighted by atomic mass is 16.4. The molecule has 0 radical (unpaired) electrons. The largest absolute Gasteiger partial charge is 0.441 e. The van der Waals surface area contributed by atoms with Gasteiger partial charge in [0.15, 0.2) is 11.7 Å². The first-order valence-corrected chi connectivity index (χ1v) is 7.99. The number of benzene rings is 1. The molecule has 23 heavy (non-hydrogen) atoms. The third kappa shape index (κ3) is 5.87. The number of carbonyl (C=O) groups is 1. The van der Waals surface area contributed by atoms with Gasteiger partial charge in [-0.05, 0) is 12.3 Å². The van der Waals surface area contributed by atoms with Crippen molar-refractivity contribution < 1.29 is 14.3 Å². The first-order chi connectivity index (χ1) is 11.0. The van der Waals surface area contributed by atoms with Gasteiger partial charge in [-0.1, -0.05) is 44.2 Å². The molecule has 1 aromatic heterocycles. The molecule has 0 spiro atoms. The van der Waals surface area contributed by atoms with Crippen LogP contribution in [0.3, 0.4) is 0 Å². The summed E-state index contributed by atoms with van der Waals surface area (Å²) in [6.07, 6.45) is 2.60. The van der Waals surface area contributed by atoms with E-state index in [1.807, 2.05) is 44.2 Å². The van der Waals surface area contributed by atoms with Gasteiger partial charge in [-0.25, -0.2) is 4.98 Å². The molecule has 5 heteroatoms. The first-order valence-electron chi connectivity index (χ1n) is 7.99. The standard InChI is InChI=1S/C18H24N2O3/c1-13(2)10-15(21)11-19-17(22)8-9-18-20-12-16(23-18)14-6-4-3-5-7-14/h3-7,12-13,15,21H,8-11H2,1-2H3,(H,19,22). The number of aryl methyl sites for hydroxylation is 1. The van der Waals surface area contributed by atoms with Crippen molar-refractivity contribution in [1.29, 1.82) is 0 Å². The second kappa shape index (κ2) is 8.48. The number of amides is 1. The fraction of sp³-hybridized carbons (Fsp3) is 0.444. The Hall–Kier alpha value is -2.14. The first kappa shape index (κ1) is 17.2. The minimum Gasteiger partial charge on any atom is -0.441 e. The monoisotopic (exact) mass is 316 g/mol. The van der Waals surface area contributed by atoms with Crippen molar-refractivity contribution in [3.63, 3.8) is 0 Å². The van der Waals surface area contributed by atoms with Crippen LogP contribution < -0.4 is 5.32 Å². The Bertz CT molecular complexity index is 608. The normalized spacial score (nSPS) is 12.3. The summed E-state index contributed by atoms with van der Waals surface area (Å²) in [5.74, 6) is 1.55. The van der Waals surface area contributed by atoms with Crippen LogP contribution in [-0.4, -0.2) is 28.6 Å². The molecule has 1 heterocycles. The number of oxazole rings is 1. The molecule has 0 bridgehead atoms. The molecule has 124 valence electrons. The van der Waals surface area contributed by atoms with Crippen LogP contribution >= 0.6 is 0 Å². The van der Waals surface area contributed by atoms with Crippen molar-refractivity contribution in [3.05, 3.63) is 42.4 Å². The van der Waals surface area contributed by atoms with Crippen LogP contribution in [0.1, 0.15) is 32.6 Å². The molecule has 2 aromatic rings. The maximum Gasteiger partial charge on any atom is 0.220 e. The molecule has 5 nitrogen and oxygen atoms in total. The highest BCUT2D eigenvalue weighted by molar-refractivity contribution is 5.76. The second-order valence-corrected chi connectivity index (χ2v) is 6.07. The van der Waals surface area contributed by atoms with Gasteiger partial charge >= 0.3 is 0 Å². The Labute approximate surface area is 136 Å². The average Bonchev–Trinajstić information content (AvgIpc) is 3.00. The van der Waals surface area contributed by atoms with Crippen molar-refractivity contribution in [2.45, 2.75) is 39.2 Å². The van der Waals surface area contributed by atoms with Crippen LogP contribution in [0, 0.1) is 5.92 Å². The summed E-state index contributed by atoms with van der Waals surface area (Å²) in [6.45, 7) is 4.37. The van der Waals surface area contributed by atoms with Crippen LogP contribution in [0.4, 0.5) is 0 Å². The lowest BCUT2D eigenvalue weighted by molar-refractivity contribution is -0.121. The molecule has 0 aliphatic heterocycles. The molecule has 0 saturated heterocycles. The van der Waals surface area contributed by atoms with E-state index in [1.165, 1.54) is 0 Å². The zero-order chi connectivity index (χ0) is 16.7. The fourth-order valence-corrected chi connectivity index (χ4v) is 2.33. The summed E-state index contributed by atoms with van der Waals surface area (Å²) >= 11 is 0. The number of carbonyl (C=O) groups excluding carboxylic acids is 1. The molecule has 1 unspecified atom stereocenters. The van der Waals surface area contributed by atoms with Crippen LogP contribution in [0.15, 0.2) is 40.9 Å². The summed E-state index contributed by atoms with van der Waals surface area (Å²) in [7, 11) is 0. The number of nitrogens with one attached hydrogen (secondary N) is 1. The molecule has 2 rings (SSSR count). The van der Waals surface area contributed by atoms with E-state index in [2.05, 4.69) is 10.3 Å². The van der Waals surface area contributed by atoms with E-state index < -0.39 is 6.10 Å². The third-order valence-electron chi connectivity index (χ3n) is 3.46. The second-order valence-electron chi connectivity index (χ2n) is 6.07. The topological polar surface area (TPSA) is 75.4 Å². The van der Waals surface area contributed by atoms with E-state index in [0.717, 1.165) is 5.56 Å². The van der Waals surface area contributed by atoms with E-state index >= 15 is 0 Å².